The van der Waals surface area contributed by atoms with E-state index in [0.717, 1.165) is 32.1 Å². The quantitative estimate of drug-likeness (QED) is 0.0826. The van der Waals surface area contributed by atoms with Gasteiger partial charge in [0.1, 0.15) is 0 Å². The highest BCUT2D eigenvalue weighted by molar-refractivity contribution is 5.77. The number of carboxylic acids is 3. The summed E-state index contributed by atoms with van der Waals surface area (Å²) in [5, 5.41) is 28.8. The number of allylic oxidation sites excluding steroid dienone is 2. The van der Waals surface area contributed by atoms with Gasteiger partial charge in [0.15, 0.2) is 18.1 Å². The van der Waals surface area contributed by atoms with Crippen LogP contribution >= 0.6 is 0 Å². The van der Waals surface area contributed by atoms with Crippen molar-refractivity contribution in [1.82, 2.24) is 0 Å². The second-order valence-electron chi connectivity index (χ2n) is 10.1. The third kappa shape index (κ3) is 12.6. The lowest BCUT2D eigenvalue weighted by molar-refractivity contribution is -0.968. The fraction of sp³-hybridized carbons (Fsp3) is 0.821. The van der Waals surface area contributed by atoms with Gasteiger partial charge in [-0.25, -0.2) is 14.4 Å². The maximum atomic E-state index is 11.8. The molecule has 0 aromatic rings. The number of nitrogens with zero attached hydrogens (tertiary/aromatic N) is 1. The van der Waals surface area contributed by atoms with Crippen LogP contribution in [0.4, 0.5) is 0 Å². The number of quaternary nitrogens is 1. The van der Waals surface area contributed by atoms with Gasteiger partial charge in [0, 0.05) is 0 Å². The van der Waals surface area contributed by atoms with Gasteiger partial charge < -0.3 is 15.3 Å². The number of aliphatic carboxylic acids is 3. The molecule has 0 amide bonds. The van der Waals surface area contributed by atoms with Crippen molar-refractivity contribution in [2.75, 3.05) is 6.54 Å². The van der Waals surface area contributed by atoms with E-state index < -0.39 is 40.5 Å². The van der Waals surface area contributed by atoms with Crippen LogP contribution in [-0.2, 0) is 14.4 Å². The molecule has 204 valence electrons. The zero-order valence-corrected chi connectivity index (χ0v) is 22.7. The van der Waals surface area contributed by atoms with Gasteiger partial charge in [-0.3, -0.25) is 4.48 Å². The first-order valence-electron chi connectivity index (χ1n) is 13.8. The Hall–Kier alpha value is -1.89. The Kier molecular flexibility index (Phi) is 18.3. The molecule has 3 unspecified atom stereocenters. The fourth-order valence-electron chi connectivity index (χ4n) is 5.01. The van der Waals surface area contributed by atoms with E-state index in [-0.39, 0.29) is 6.54 Å². The Labute approximate surface area is 213 Å². The fourth-order valence-corrected chi connectivity index (χ4v) is 5.01. The minimum atomic E-state index is -1.17. The topological polar surface area (TPSA) is 112 Å². The second kappa shape index (κ2) is 19.3. The number of carbonyl (C=O) groups is 3. The van der Waals surface area contributed by atoms with Crippen LogP contribution < -0.4 is 0 Å². The van der Waals surface area contributed by atoms with Crippen molar-refractivity contribution in [2.45, 2.75) is 142 Å². The molecule has 7 nitrogen and oxygen atoms in total. The van der Waals surface area contributed by atoms with E-state index in [4.69, 9.17) is 0 Å². The highest BCUT2D eigenvalue weighted by Crippen LogP contribution is 2.27. The molecule has 3 atom stereocenters. The van der Waals surface area contributed by atoms with Crippen LogP contribution in [0.25, 0.3) is 0 Å². The van der Waals surface area contributed by atoms with Crippen LogP contribution in [0.2, 0.25) is 0 Å². The zero-order valence-electron chi connectivity index (χ0n) is 22.7. The Morgan fingerprint density at radius 3 is 1.23 bits per heavy atom. The summed E-state index contributed by atoms with van der Waals surface area (Å²) in [6, 6.07) is -3.37. The normalized spacial score (nSPS) is 16.0. The highest BCUT2D eigenvalue weighted by Gasteiger charge is 2.52. The number of rotatable bonds is 23. The average molecular weight is 499 g/mol. The van der Waals surface area contributed by atoms with Crippen LogP contribution in [0.3, 0.4) is 0 Å². The van der Waals surface area contributed by atoms with Gasteiger partial charge in [0.2, 0.25) is 0 Å². The standard InChI is InChI=1S/C28H51NO6/c1-5-6-7-8-9-10-11-12-13-14-15-16-17-18-19-20-21-22-29(23(2)26(30)31,24(3)27(32)33)25(4)28(34)35/h12-13,23-25H,5-11,14-22H2,1-4H3,(H2-,30,31,32,33,34,35)/p+1/b13-12+. The maximum Gasteiger partial charge on any atom is 0.362 e. The lowest BCUT2D eigenvalue weighted by Gasteiger charge is -2.47. The monoisotopic (exact) mass is 498 g/mol. The molecule has 3 N–H and O–H groups in total. The number of hydrogen-bond acceptors (Lipinski definition) is 3. The smallest absolute Gasteiger partial charge is 0.362 e. The van der Waals surface area contributed by atoms with E-state index in [1.54, 1.807) is 0 Å². The first-order valence-corrected chi connectivity index (χ1v) is 13.8. The summed E-state index contributed by atoms with van der Waals surface area (Å²) in [6.07, 6.45) is 22.0. The molecular weight excluding hydrogens is 446 g/mol. The lowest BCUT2D eigenvalue weighted by Crippen LogP contribution is -2.70. The van der Waals surface area contributed by atoms with Crippen molar-refractivity contribution in [2.24, 2.45) is 0 Å². The first kappa shape index (κ1) is 33.1. The minimum Gasteiger partial charge on any atom is -0.477 e. The molecular formula is C28H52NO6+. The van der Waals surface area contributed by atoms with E-state index in [2.05, 4.69) is 19.1 Å². The molecule has 0 bridgehead atoms. The van der Waals surface area contributed by atoms with Gasteiger partial charge in [-0.2, -0.15) is 0 Å². The highest BCUT2D eigenvalue weighted by atomic mass is 16.4. The van der Waals surface area contributed by atoms with Gasteiger partial charge in [0.25, 0.3) is 0 Å². The summed E-state index contributed by atoms with van der Waals surface area (Å²) in [5.74, 6) is -3.52. The number of unbranched alkanes of at least 4 members (excludes halogenated alkanes) is 13. The molecule has 0 rings (SSSR count). The van der Waals surface area contributed by atoms with Crippen molar-refractivity contribution < 1.29 is 34.2 Å². The summed E-state index contributed by atoms with van der Waals surface area (Å²) in [4.78, 5) is 35.3. The van der Waals surface area contributed by atoms with Gasteiger partial charge in [-0.15, -0.1) is 0 Å². The van der Waals surface area contributed by atoms with E-state index >= 15 is 0 Å². The summed E-state index contributed by atoms with van der Waals surface area (Å²) in [5.41, 5.74) is 0. The Morgan fingerprint density at radius 2 is 0.886 bits per heavy atom. The van der Waals surface area contributed by atoms with E-state index in [1.807, 2.05) is 0 Å². The van der Waals surface area contributed by atoms with Crippen LogP contribution in [0.15, 0.2) is 12.2 Å². The largest absolute Gasteiger partial charge is 0.477 e. The van der Waals surface area contributed by atoms with E-state index in [9.17, 15) is 29.7 Å². The predicted molar refractivity (Wildman–Crippen MR) is 140 cm³/mol. The molecule has 0 aromatic heterocycles. The van der Waals surface area contributed by atoms with Crippen LogP contribution in [0.5, 0.6) is 0 Å². The third-order valence-electron chi connectivity index (χ3n) is 7.54. The van der Waals surface area contributed by atoms with Crippen LogP contribution in [0.1, 0.15) is 124 Å². The van der Waals surface area contributed by atoms with E-state index in [1.165, 1.54) is 78.6 Å². The van der Waals surface area contributed by atoms with Crippen molar-refractivity contribution in [1.29, 1.82) is 0 Å². The SMILES string of the molecule is CCCCCCCC/C=C/CCCCCCCCC[N+](C(C)C(=O)O)(C(C)C(=O)O)C(C)C(=O)O. The molecule has 0 aliphatic rings. The Morgan fingerprint density at radius 1 is 0.571 bits per heavy atom. The minimum absolute atomic E-state index is 0.220. The first-order chi connectivity index (χ1) is 16.6. The van der Waals surface area contributed by atoms with Gasteiger partial charge in [-0.05, 0) is 59.3 Å². The molecule has 0 saturated heterocycles. The second-order valence-corrected chi connectivity index (χ2v) is 10.1. The summed E-state index contributed by atoms with van der Waals surface area (Å²) in [7, 11) is 0. The number of hydrogen-bond donors (Lipinski definition) is 3. The summed E-state index contributed by atoms with van der Waals surface area (Å²) < 4.78 is -0.481. The summed E-state index contributed by atoms with van der Waals surface area (Å²) in [6.45, 7) is 6.72. The van der Waals surface area contributed by atoms with Gasteiger partial charge in [-0.1, -0.05) is 76.9 Å². The van der Waals surface area contributed by atoms with Crippen LogP contribution in [0, 0.1) is 0 Å². The molecule has 0 aliphatic carbocycles. The molecule has 0 heterocycles. The maximum absolute atomic E-state index is 11.8. The molecule has 7 heteroatoms. The van der Waals surface area contributed by atoms with Gasteiger partial charge in [0.05, 0.1) is 6.54 Å². The molecule has 0 fully saturated rings. The Bertz CT molecular complexity index is 583. The van der Waals surface area contributed by atoms with Crippen LogP contribution in [-0.4, -0.2) is 62.4 Å². The average Bonchev–Trinajstić information content (AvgIpc) is 2.82. The molecule has 0 aromatic carbocycles. The summed E-state index contributed by atoms with van der Waals surface area (Å²) >= 11 is 0. The van der Waals surface area contributed by atoms with Crippen molar-refractivity contribution >= 4 is 17.9 Å². The lowest BCUT2D eigenvalue weighted by atomic mass is 10.00. The zero-order chi connectivity index (χ0) is 26.7. The molecule has 0 radical (unpaired) electrons. The van der Waals surface area contributed by atoms with Crippen molar-refractivity contribution in [3.8, 4) is 0 Å². The molecule has 0 spiro atoms. The van der Waals surface area contributed by atoms with E-state index in [0.29, 0.717) is 6.42 Å². The van der Waals surface area contributed by atoms with Gasteiger partial charge >= 0.3 is 17.9 Å². The predicted octanol–water partition coefficient (Wildman–Crippen LogP) is 6.65. The third-order valence-corrected chi connectivity index (χ3v) is 7.54. The number of carboxylic acid groups (broad SMARTS) is 3. The van der Waals surface area contributed by atoms with Crippen molar-refractivity contribution in [3.05, 3.63) is 12.2 Å². The van der Waals surface area contributed by atoms with Crippen molar-refractivity contribution in [3.63, 3.8) is 0 Å². The molecule has 0 saturated carbocycles. The molecule has 35 heavy (non-hydrogen) atoms. The molecule has 0 aliphatic heterocycles. The Balaban J connectivity index is 4.30.